The predicted octanol–water partition coefficient (Wildman–Crippen LogP) is 2.62. The topological polar surface area (TPSA) is 41.6 Å². The van der Waals surface area contributed by atoms with Crippen molar-refractivity contribution < 1.29 is 9.53 Å². The molecule has 1 aliphatic heterocycles. The Bertz CT molecular complexity index is 517. The Morgan fingerprint density at radius 2 is 2.35 bits per heavy atom. The molecule has 108 valence electrons. The number of carbonyl (C=O) groups is 1. The van der Waals surface area contributed by atoms with Crippen molar-refractivity contribution in [2.45, 2.75) is 13.3 Å². The van der Waals surface area contributed by atoms with Gasteiger partial charge in [0.2, 0.25) is 0 Å². The van der Waals surface area contributed by atoms with E-state index in [1.165, 1.54) is 0 Å². The number of fused-ring (bicyclic) bond motifs is 1. The van der Waals surface area contributed by atoms with Crippen LogP contribution in [0.4, 0.5) is 5.69 Å². The fourth-order valence-corrected chi connectivity index (χ4v) is 2.24. The lowest BCUT2D eigenvalue weighted by atomic mass is 10.2. The first-order valence-electron chi connectivity index (χ1n) is 6.72. The van der Waals surface area contributed by atoms with Crippen molar-refractivity contribution in [3.05, 3.63) is 35.4 Å². The summed E-state index contributed by atoms with van der Waals surface area (Å²) < 4.78 is 5.41. The minimum Gasteiger partial charge on any atom is -0.482 e. The smallest absolute Gasteiger partial charge is 0.265 e. The van der Waals surface area contributed by atoms with Gasteiger partial charge in [0.05, 0.1) is 5.69 Å². The quantitative estimate of drug-likeness (QED) is 0.648. The summed E-state index contributed by atoms with van der Waals surface area (Å²) in [7, 11) is 0. The highest BCUT2D eigenvalue weighted by atomic mass is 35.5. The molecule has 0 saturated carbocycles. The molecule has 0 bridgehead atoms. The zero-order valence-electron chi connectivity index (χ0n) is 11.6. The summed E-state index contributed by atoms with van der Waals surface area (Å²) in [5, 5.41) is 3.86. The molecule has 1 aromatic rings. The summed E-state index contributed by atoms with van der Waals surface area (Å²) in [6, 6.07) is 5.29. The summed E-state index contributed by atoms with van der Waals surface area (Å²) in [6.07, 6.45) is 1.07. The second-order valence-electron chi connectivity index (χ2n) is 4.81. The Labute approximate surface area is 124 Å². The molecule has 5 heteroatoms. The van der Waals surface area contributed by atoms with E-state index in [-0.39, 0.29) is 12.5 Å². The van der Waals surface area contributed by atoms with Gasteiger partial charge < -0.3 is 15.0 Å². The van der Waals surface area contributed by atoms with Crippen molar-refractivity contribution in [1.29, 1.82) is 0 Å². The second kappa shape index (κ2) is 6.77. The van der Waals surface area contributed by atoms with E-state index in [0.29, 0.717) is 29.5 Å². The van der Waals surface area contributed by atoms with E-state index < -0.39 is 0 Å². The normalized spacial score (nSPS) is 13.9. The molecule has 20 heavy (non-hydrogen) atoms. The molecule has 0 aromatic heterocycles. The minimum absolute atomic E-state index is 0.0598. The van der Waals surface area contributed by atoms with Crippen LogP contribution in [0.5, 0.6) is 5.75 Å². The Morgan fingerprint density at radius 1 is 1.55 bits per heavy atom. The summed E-state index contributed by atoms with van der Waals surface area (Å²) in [4.78, 5) is 13.7. The van der Waals surface area contributed by atoms with E-state index in [0.717, 1.165) is 18.5 Å². The van der Waals surface area contributed by atoms with Crippen LogP contribution in [0.1, 0.15) is 13.3 Å². The molecule has 0 unspecified atom stereocenters. The number of amides is 1. The van der Waals surface area contributed by atoms with E-state index in [9.17, 15) is 4.79 Å². The number of benzene rings is 1. The number of rotatable bonds is 6. The zero-order valence-corrected chi connectivity index (χ0v) is 12.4. The molecular formula is C15H19ClN2O2. The van der Waals surface area contributed by atoms with Crippen molar-refractivity contribution in [2.24, 2.45) is 0 Å². The summed E-state index contributed by atoms with van der Waals surface area (Å²) >= 11 is 6.00. The maximum atomic E-state index is 12.0. The Morgan fingerprint density at radius 3 is 3.10 bits per heavy atom. The number of carbonyl (C=O) groups excluding carboxylic acids is 1. The Kier molecular flexibility index (Phi) is 5.04. The van der Waals surface area contributed by atoms with Crippen LogP contribution in [0, 0.1) is 0 Å². The molecule has 1 amide bonds. The number of ether oxygens (including phenoxy) is 1. The van der Waals surface area contributed by atoms with Gasteiger partial charge in [-0.2, -0.15) is 0 Å². The highest BCUT2D eigenvalue weighted by molar-refractivity contribution is 6.31. The van der Waals surface area contributed by atoms with Gasteiger partial charge in [0.25, 0.3) is 5.91 Å². The molecule has 0 fully saturated rings. The van der Waals surface area contributed by atoms with Gasteiger partial charge >= 0.3 is 0 Å². The number of hydrogen-bond donors (Lipinski definition) is 1. The largest absolute Gasteiger partial charge is 0.482 e. The average molecular weight is 295 g/mol. The van der Waals surface area contributed by atoms with Crippen LogP contribution in [0.15, 0.2) is 30.4 Å². The van der Waals surface area contributed by atoms with Gasteiger partial charge in [-0.1, -0.05) is 25.1 Å². The van der Waals surface area contributed by atoms with E-state index >= 15 is 0 Å². The summed E-state index contributed by atoms with van der Waals surface area (Å²) in [6.45, 7) is 8.31. The highest BCUT2D eigenvalue weighted by Gasteiger charge is 2.25. The lowest BCUT2D eigenvalue weighted by molar-refractivity contribution is -0.121. The van der Waals surface area contributed by atoms with E-state index in [1.807, 2.05) is 0 Å². The van der Waals surface area contributed by atoms with Crippen molar-refractivity contribution >= 4 is 23.2 Å². The van der Waals surface area contributed by atoms with Crippen LogP contribution in [0.3, 0.4) is 0 Å². The Balaban J connectivity index is 2.09. The predicted molar refractivity (Wildman–Crippen MR) is 81.6 cm³/mol. The third-order valence-electron chi connectivity index (χ3n) is 3.05. The van der Waals surface area contributed by atoms with E-state index in [4.69, 9.17) is 16.3 Å². The molecule has 0 atom stereocenters. The molecule has 1 heterocycles. The van der Waals surface area contributed by atoms with Crippen LogP contribution in [0.2, 0.25) is 5.02 Å². The van der Waals surface area contributed by atoms with Gasteiger partial charge in [-0.3, -0.25) is 4.79 Å². The van der Waals surface area contributed by atoms with Gasteiger partial charge in [-0.25, -0.2) is 0 Å². The maximum absolute atomic E-state index is 12.0. The monoisotopic (exact) mass is 294 g/mol. The summed E-state index contributed by atoms with van der Waals surface area (Å²) in [5.74, 6) is 0.611. The molecule has 0 aliphatic carbocycles. The third kappa shape index (κ3) is 3.52. The van der Waals surface area contributed by atoms with Crippen LogP contribution in [0.25, 0.3) is 0 Å². The summed E-state index contributed by atoms with van der Waals surface area (Å²) in [5.41, 5.74) is 1.67. The molecule has 1 N–H and O–H groups in total. The van der Waals surface area contributed by atoms with Crippen LogP contribution in [-0.2, 0) is 4.79 Å². The lowest BCUT2D eigenvalue weighted by Crippen LogP contribution is -2.41. The first kappa shape index (κ1) is 14.9. The molecule has 2 rings (SSSR count). The maximum Gasteiger partial charge on any atom is 0.265 e. The number of hydrogen-bond acceptors (Lipinski definition) is 3. The Hall–Kier alpha value is -1.52. The van der Waals surface area contributed by atoms with Gasteiger partial charge in [-0.15, -0.1) is 0 Å². The van der Waals surface area contributed by atoms with Gasteiger partial charge in [0.1, 0.15) is 5.75 Å². The molecule has 1 aromatic carbocycles. The molecule has 1 aliphatic rings. The van der Waals surface area contributed by atoms with Crippen LogP contribution < -0.4 is 15.0 Å². The second-order valence-corrected chi connectivity index (χ2v) is 5.24. The molecule has 0 radical (unpaired) electrons. The van der Waals surface area contributed by atoms with E-state index in [1.54, 1.807) is 23.1 Å². The first-order chi connectivity index (χ1) is 9.61. The number of anilines is 1. The van der Waals surface area contributed by atoms with E-state index in [2.05, 4.69) is 18.8 Å². The minimum atomic E-state index is -0.0728. The standard InChI is InChI=1S/C15H19ClN2O2/c1-3-6-17-8-11(2)9-18-13-7-12(16)4-5-14(13)20-10-15(18)19/h4-5,7,17H,2-3,6,8-10H2,1H3. The molecule has 0 saturated heterocycles. The van der Waals surface area contributed by atoms with Crippen molar-refractivity contribution in [1.82, 2.24) is 5.32 Å². The highest BCUT2D eigenvalue weighted by Crippen LogP contribution is 2.34. The van der Waals surface area contributed by atoms with Gasteiger partial charge in [-0.05, 0) is 36.7 Å². The zero-order chi connectivity index (χ0) is 14.5. The SMILES string of the molecule is C=C(CNCCC)CN1C(=O)COc2ccc(Cl)cc21. The van der Waals surface area contributed by atoms with Gasteiger partial charge in [0.15, 0.2) is 6.61 Å². The van der Waals surface area contributed by atoms with Crippen LogP contribution in [-0.4, -0.2) is 32.1 Å². The van der Waals surface area contributed by atoms with Crippen molar-refractivity contribution in [2.75, 3.05) is 31.1 Å². The van der Waals surface area contributed by atoms with Gasteiger partial charge in [0, 0.05) is 18.1 Å². The lowest BCUT2D eigenvalue weighted by Gasteiger charge is -2.30. The first-order valence-corrected chi connectivity index (χ1v) is 7.09. The molecular weight excluding hydrogens is 276 g/mol. The number of halogens is 1. The number of nitrogens with zero attached hydrogens (tertiary/aromatic N) is 1. The molecule has 0 spiro atoms. The average Bonchev–Trinajstić information content (AvgIpc) is 2.42. The number of nitrogens with one attached hydrogen (secondary N) is 1. The van der Waals surface area contributed by atoms with Crippen molar-refractivity contribution in [3.8, 4) is 5.75 Å². The fraction of sp³-hybridized carbons (Fsp3) is 0.400. The van der Waals surface area contributed by atoms with Crippen molar-refractivity contribution in [3.63, 3.8) is 0 Å². The molecule has 4 nitrogen and oxygen atoms in total. The van der Waals surface area contributed by atoms with Crippen LogP contribution >= 0.6 is 11.6 Å². The fourth-order valence-electron chi connectivity index (χ4n) is 2.07. The third-order valence-corrected chi connectivity index (χ3v) is 3.28.